The zero-order valence-corrected chi connectivity index (χ0v) is 12.0. The number of halogens is 4. The molecule has 0 aliphatic carbocycles. The normalized spacial score (nSPS) is 13.5. The van der Waals surface area contributed by atoms with E-state index in [1.54, 1.807) is 30.1 Å². The van der Waals surface area contributed by atoms with Crippen LogP contribution in [0.3, 0.4) is 0 Å². The minimum Gasteiger partial charge on any atom is -0.271 e. The topological polar surface area (TPSA) is 55.9 Å². The zero-order chi connectivity index (χ0) is 14.9. The van der Waals surface area contributed by atoms with Gasteiger partial charge >= 0.3 is 6.18 Å². The number of nitrogens with two attached hydrogens (primary N) is 1. The van der Waals surface area contributed by atoms with E-state index in [-0.39, 0.29) is 4.47 Å². The van der Waals surface area contributed by atoms with Crippen molar-refractivity contribution in [3.8, 4) is 0 Å². The van der Waals surface area contributed by atoms with Crippen LogP contribution in [0.4, 0.5) is 13.2 Å². The molecule has 8 heteroatoms. The molecule has 3 N–H and O–H groups in total. The highest BCUT2D eigenvalue weighted by Crippen LogP contribution is 2.36. The molecule has 0 aliphatic heterocycles. The lowest BCUT2D eigenvalue weighted by atomic mass is 10.0. The van der Waals surface area contributed by atoms with Gasteiger partial charge in [0.25, 0.3) is 0 Å². The predicted molar refractivity (Wildman–Crippen MR) is 71.5 cm³/mol. The molecule has 0 saturated carbocycles. The summed E-state index contributed by atoms with van der Waals surface area (Å²) in [7, 11) is 1.70. The van der Waals surface area contributed by atoms with Crippen molar-refractivity contribution in [3.05, 3.63) is 51.8 Å². The second-order valence-corrected chi connectivity index (χ2v) is 5.07. The molecule has 1 aromatic carbocycles. The number of aryl methyl sites for hydroxylation is 1. The van der Waals surface area contributed by atoms with Gasteiger partial charge < -0.3 is 0 Å². The molecule has 0 radical (unpaired) electrons. The summed E-state index contributed by atoms with van der Waals surface area (Å²) in [6.07, 6.45) is -2.87. The van der Waals surface area contributed by atoms with Gasteiger partial charge in [-0.1, -0.05) is 22.0 Å². The van der Waals surface area contributed by atoms with Crippen molar-refractivity contribution >= 4 is 15.9 Å². The molecule has 0 fully saturated rings. The SMILES string of the molecule is Cn1nccc1C(NN)c1ccc(Br)c(C(F)(F)F)c1. The molecule has 0 saturated heterocycles. The minimum atomic E-state index is -4.43. The second kappa shape index (κ2) is 5.55. The number of benzene rings is 1. The lowest BCUT2D eigenvalue weighted by Gasteiger charge is -2.19. The van der Waals surface area contributed by atoms with Crippen LogP contribution in [0, 0.1) is 0 Å². The fourth-order valence-corrected chi connectivity index (χ4v) is 2.43. The largest absolute Gasteiger partial charge is 0.417 e. The molecular formula is C12H12BrF3N4. The standard InChI is InChI=1S/C12H12BrF3N4/c1-20-10(4-5-18-20)11(19-17)7-2-3-9(13)8(6-7)12(14,15)16/h2-6,11,19H,17H2,1H3. The maximum atomic E-state index is 12.9. The molecule has 0 bridgehead atoms. The highest BCUT2D eigenvalue weighted by molar-refractivity contribution is 9.10. The Morgan fingerprint density at radius 3 is 2.55 bits per heavy atom. The third-order valence-electron chi connectivity index (χ3n) is 2.95. The van der Waals surface area contributed by atoms with Crippen LogP contribution in [0.15, 0.2) is 34.9 Å². The lowest BCUT2D eigenvalue weighted by Crippen LogP contribution is -2.30. The summed E-state index contributed by atoms with van der Waals surface area (Å²) in [5, 5.41) is 3.99. The van der Waals surface area contributed by atoms with Crippen molar-refractivity contribution in [1.29, 1.82) is 0 Å². The third-order valence-corrected chi connectivity index (χ3v) is 3.64. The molecule has 0 aliphatic rings. The van der Waals surface area contributed by atoms with Gasteiger partial charge in [0.1, 0.15) is 0 Å². The van der Waals surface area contributed by atoms with Gasteiger partial charge in [0.2, 0.25) is 0 Å². The van der Waals surface area contributed by atoms with E-state index in [2.05, 4.69) is 26.5 Å². The predicted octanol–water partition coefficient (Wildman–Crippen LogP) is 2.75. The number of nitrogens with one attached hydrogen (secondary N) is 1. The summed E-state index contributed by atoms with van der Waals surface area (Å²) in [5.74, 6) is 5.48. The monoisotopic (exact) mass is 348 g/mol. The van der Waals surface area contributed by atoms with E-state index < -0.39 is 17.8 Å². The Labute approximate surface area is 121 Å². The van der Waals surface area contributed by atoms with Crippen LogP contribution in [0.2, 0.25) is 0 Å². The molecule has 4 nitrogen and oxygen atoms in total. The van der Waals surface area contributed by atoms with E-state index in [0.717, 1.165) is 6.07 Å². The smallest absolute Gasteiger partial charge is 0.271 e. The first kappa shape index (κ1) is 15.0. The first-order valence-corrected chi connectivity index (χ1v) is 6.44. The molecule has 20 heavy (non-hydrogen) atoms. The molecule has 0 amide bonds. The van der Waals surface area contributed by atoms with Crippen LogP contribution in [0.1, 0.15) is 22.9 Å². The first-order valence-electron chi connectivity index (χ1n) is 5.65. The van der Waals surface area contributed by atoms with Crippen molar-refractivity contribution in [2.24, 2.45) is 12.9 Å². The van der Waals surface area contributed by atoms with Gasteiger partial charge in [-0.15, -0.1) is 0 Å². The summed E-state index contributed by atoms with van der Waals surface area (Å²) >= 11 is 2.91. The number of alkyl halides is 3. The van der Waals surface area contributed by atoms with Crippen molar-refractivity contribution in [2.45, 2.75) is 12.2 Å². The summed E-state index contributed by atoms with van der Waals surface area (Å²) < 4.78 is 40.3. The van der Waals surface area contributed by atoms with Gasteiger partial charge in [-0.25, -0.2) is 5.43 Å². The van der Waals surface area contributed by atoms with Crippen molar-refractivity contribution in [1.82, 2.24) is 15.2 Å². The van der Waals surface area contributed by atoms with E-state index >= 15 is 0 Å². The molecule has 108 valence electrons. The average molecular weight is 349 g/mol. The molecule has 2 aromatic rings. The van der Waals surface area contributed by atoms with Gasteiger partial charge in [0.05, 0.1) is 17.3 Å². The summed E-state index contributed by atoms with van der Waals surface area (Å²) in [5.41, 5.74) is 2.86. The number of rotatable bonds is 3. The van der Waals surface area contributed by atoms with Gasteiger partial charge in [-0.3, -0.25) is 10.5 Å². The first-order chi connectivity index (χ1) is 9.34. The zero-order valence-electron chi connectivity index (χ0n) is 10.4. The molecule has 1 heterocycles. The molecule has 0 spiro atoms. The number of nitrogens with zero attached hydrogens (tertiary/aromatic N) is 2. The van der Waals surface area contributed by atoms with Crippen molar-refractivity contribution in [2.75, 3.05) is 0 Å². The van der Waals surface area contributed by atoms with Crippen molar-refractivity contribution < 1.29 is 13.2 Å². The Morgan fingerprint density at radius 2 is 2.05 bits per heavy atom. The molecular weight excluding hydrogens is 337 g/mol. The van der Waals surface area contributed by atoms with Crippen LogP contribution >= 0.6 is 15.9 Å². The Kier molecular flexibility index (Phi) is 4.17. The fraction of sp³-hybridized carbons (Fsp3) is 0.250. The van der Waals surface area contributed by atoms with Crippen LogP contribution in [-0.4, -0.2) is 9.78 Å². The number of hydrogen-bond acceptors (Lipinski definition) is 3. The lowest BCUT2D eigenvalue weighted by molar-refractivity contribution is -0.138. The molecule has 1 atom stereocenters. The molecule has 1 aromatic heterocycles. The van der Waals surface area contributed by atoms with Gasteiger partial charge in [-0.2, -0.15) is 18.3 Å². The minimum absolute atomic E-state index is 0.00507. The van der Waals surface area contributed by atoms with Gasteiger partial charge in [0, 0.05) is 17.7 Å². The van der Waals surface area contributed by atoms with Crippen LogP contribution in [0.5, 0.6) is 0 Å². The Bertz CT molecular complexity index is 609. The summed E-state index contributed by atoms with van der Waals surface area (Å²) in [4.78, 5) is 0. The van der Waals surface area contributed by atoms with E-state index in [1.807, 2.05) is 0 Å². The fourth-order valence-electron chi connectivity index (χ4n) is 1.96. The number of aromatic nitrogens is 2. The Hall–Kier alpha value is -1.38. The number of hydrogen-bond donors (Lipinski definition) is 2. The highest BCUT2D eigenvalue weighted by atomic mass is 79.9. The van der Waals surface area contributed by atoms with Crippen LogP contribution in [0.25, 0.3) is 0 Å². The average Bonchev–Trinajstić information content (AvgIpc) is 2.77. The second-order valence-electron chi connectivity index (χ2n) is 4.22. The quantitative estimate of drug-likeness (QED) is 0.662. The maximum Gasteiger partial charge on any atom is 0.417 e. The third kappa shape index (κ3) is 2.87. The van der Waals surface area contributed by atoms with E-state index in [1.165, 1.54) is 6.07 Å². The molecule has 2 rings (SSSR count). The van der Waals surface area contributed by atoms with Crippen LogP contribution < -0.4 is 11.3 Å². The highest BCUT2D eigenvalue weighted by Gasteiger charge is 2.33. The van der Waals surface area contributed by atoms with E-state index in [4.69, 9.17) is 5.84 Å². The van der Waals surface area contributed by atoms with E-state index in [9.17, 15) is 13.2 Å². The maximum absolute atomic E-state index is 12.9. The Morgan fingerprint density at radius 1 is 1.35 bits per heavy atom. The summed E-state index contributed by atoms with van der Waals surface area (Å²) in [6.45, 7) is 0. The van der Waals surface area contributed by atoms with Gasteiger partial charge in [-0.05, 0) is 23.8 Å². The molecule has 1 unspecified atom stereocenters. The van der Waals surface area contributed by atoms with Gasteiger partial charge in [0.15, 0.2) is 0 Å². The van der Waals surface area contributed by atoms with Crippen molar-refractivity contribution in [3.63, 3.8) is 0 Å². The Balaban J connectivity index is 2.49. The van der Waals surface area contributed by atoms with Crippen LogP contribution in [-0.2, 0) is 13.2 Å². The summed E-state index contributed by atoms with van der Waals surface area (Å²) in [6, 6.07) is 5.13. The number of hydrazine groups is 1. The van der Waals surface area contributed by atoms with E-state index in [0.29, 0.717) is 11.3 Å².